The Bertz CT molecular complexity index is 1020. The van der Waals surface area contributed by atoms with Gasteiger partial charge in [-0.25, -0.2) is 9.78 Å². The fourth-order valence-corrected chi connectivity index (χ4v) is 3.16. The van der Waals surface area contributed by atoms with Gasteiger partial charge in [0.15, 0.2) is 0 Å². The molecule has 0 fully saturated rings. The van der Waals surface area contributed by atoms with E-state index in [4.69, 9.17) is 14.0 Å². The number of aryl methyl sites for hydroxylation is 1. The molecule has 2 aromatic heterocycles. The van der Waals surface area contributed by atoms with Gasteiger partial charge in [0.25, 0.3) is 0 Å². The highest BCUT2D eigenvalue weighted by atomic mass is 32.2. The SMILES string of the molecule is COc1ccc(OC(=O)c2cccnc2SCc2cc(C)on2)c([N+](=O)[O-])c1. The van der Waals surface area contributed by atoms with Gasteiger partial charge in [0.1, 0.15) is 16.5 Å². The molecule has 3 aromatic rings. The van der Waals surface area contributed by atoms with Crippen LogP contribution in [0.1, 0.15) is 21.8 Å². The minimum absolute atomic E-state index is 0.178. The van der Waals surface area contributed by atoms with Crippen molar-refractivity contribution in [3.8, 4) is 11.5 Å². The number of aromatic nitrogens is 2. The Kier molecular flexibility index (Phi) is 5.90. The first-order valence-electron chi connectivity index (χ1n) is 8.02. The first-order valence-corrected chi connectivity index (χ1v) is 9.01. The number of thioether (sulfide) groups is 1. The largest absolute Gasteiger partial charge is 0.496 e. The van der Waals surface area contributed by atoms with Gasteiger partial charge in [-0.2, -0.15) is 0 Å². The second-order valence-electron chi connectivity index (χ2n) is 5.55. The van der Waals surface area contributed by atoms with Crippen molar-refractivity contribution < 1.29 is 23.7 Å². The molecule has 9 nitrogen and oxygen atoms in total. The lowest BCUT2D eigenvalue weighted by atomic mass is 10.2. The van der Waals surface area contributed by atoms with E-state index in [1.54, 1.807) is 31.3 Å². The summed E-state index contributed by atoms with van der Waals surface area (Å²) in [6, 6.07) is 8.89. The lowest BCUT2D eigenvalue weighted by molar-refractivity contribution is -0.385. The number of benzene rings is 1. The van der Waals surface area contributed by atoms with Crippen LogP contribution in [0.15, 0.2) is 52.1 Å². The smallest absolute Gasteiger partial charge is 0.346 e. The van der Waals surface area contributed by atoms with Gasteiger partial charge in [0.2, 0.25) is 5.75 Å². The maximum Gasteiger partial charge on any atom is 0.346 e. The predicted octanol–water partition coefficient (Wildman–Crippen LogP) is 3.81. The Hall–Kier alpha value is -3.40. The van der Waals surface area contributed by atoms with E-state index < -0.39 is 10.9 Å². The Labute approximate surface area is 163 Å². The van der Waals surface area contributed by atoms with Gasteiger partial charge in [0, 0.05) is 18.0 Å². The molecule has 0 spiro atoms. The van der Waals surface area contributed by atoms with Gasteiger partial charge in [-0.1, -0.05) is 16.9 Å². The summed E-state index contributed by atoms with van der Waals surface area (Å²) in [6.07, 6.45) is 1.54. The van der Waals surface area contributed by atoms with Crippen LogP contribution < -0.4 is 9.47 Å². The molecule has 0 atom stereocenters. The molecule has 0 unspecified atom stereocenters. The molecule has 2 heterocycles. The first-order chi connectivity index (χ1) is 13.5. The summed E-state index contributed by atoms with van der Waals surface area (Å²) in [7, 11) is 1.39. The van der Waals surface area contributed by atoms with Crippen molar-refractivity contribution in [2.24, 2.45) is 0 Å². The fourth-order valence-electron chi connectivity index (χ4n) is 2.30. The van der Waals surface area contributed by atoms with Crippen LogP contribution >= 0.6 is 11.8 Å². The average Bonchev–Trinajstić information content (AvgIpc) is 3.12. The predicted molar refractivity (Wildman–Crippen MR) is 99.6 cm³/mol. The number of ether oxygens (including phenoxy) is 2. The number of hydrogen-bond acceptors (Lipinski definition) is 9. The van der Waals surface area contributed by atoms with Crippen LogP contribution in [0.25, 0.3) is 0 Å². The monoisotopic (exact) mass is 401 g/mol. The van der Waals surface area contributed by atoms with Crippen LogP contribution in [0, 0.1) is 17.0 Å². The van der Waals surface area contributed by atoms with E-state index in [-0.39, 0.29) is 22.7 Å². The summed E-state index contributed by atoms with van der Waals surface area (Å²) in [5.74, 6) is 0.482. The molecule has 0 aliphatic carbocycles. The minimum Gasteiger partial charge on any atom is -0.496 e. The number of hydrogen-bond donors (Lipinski definition) is 0. The van der Waals surface area contributed by atoms with E-state index in [0.717, 1.165) is 0 Å². The van der Waals surface area contributed by atoms with Crippen LogP contribution in [-0.4, -0.2) is 28.1 Å². The molecule has 10 heteroatoms. The number of carbonyl (C=O) groups excluding carboxylic acids is 1. The zero-order valence-electron chi connectivity index (χ0n) is 14.9. The van der Waals surface area contributed by atoms with Gasteiger partial charge in [-0.05, 0) is 31.2 Å². The highest BCUT2D eigenvalue weighted by Crippen LogP contribution is 2.32. The summed E-state index contributed by atoms with van der Waals surface area (Å²) in [5.41, 5.74) is 0.528. The lowest BCUT2D eigenvalue weighted by Crippen LogP contribution is -2.11. The van der Waals surface area contributed by atoms with Crippen LogP contribution in [0.5, 0.6) is 11.5 Å². The maximum atomic E-state index is 12.6. The molecular formula is C18H15N3O6S. The molecule has 0 amide bonds. The Morgan fingerprint density at radius 2 is 2.14 bits per heavy atom. The third-order valence-corrected chi connectivity index (χ3v) is 4.63. The van der Waals surface area contributed by atoms with Crippen molar-refractivity contribution in [1.29, 1.82) is 0 Å². The van der Waals surface area contributed by atoms with Crippen molar-refractivity contribution in [1.82, 2.24) is 10.1 Å². The maximum absolute atomic E-state index is 12.6. The number of carbonyl (C=O) groups is 1. The van der Waals surface area contributed by atoms with E-state index in [1.807, 2.05) is 0 Å². The summed E-state index contributed by atoms with van der Waals surface area (Å²) >= 11 is 1.28. The standard InChI is InChI=1S/C18H15N3O6S/c1-11-8-12(20-27-11)10-28-17-14(4-3-7-19-17)18(22)26-16-6-5-13(25-2)9-15(16)21(23)24/h3-9H,10H2,1-2H3. The van der Waals surface area contributed by atoms with E-state index >= 15 is 0 Å². The van der Waals surface area contributed by atoms with Crippen molar-refractivity contribution in [3.05, 3.63) is 69.7 Å². The molecule has 0 aliphatic heterocycles. The number of nitro groups is 1. The second kappa shape index (κ2) is 8.53. The molecule has 0 N–H and O–H groups in total. The summed E-state index contributed by atoms with van der Waals surface area (Å²) < 4.78 is 15.3. The first kappa shape index (κ1) is 19.4. The summed E-state index contributed by atoms with van der Waals surface area (Å²) in [4.78, 5) is 27.4. The second-order valence-corrected chi connectivity index (χ2v) is 6.52. The van der Waals surface area contributed by atoms with Crippen LogP contribution in [0.2, 0.25) is 0 Å². The number of nitrogens with zero attached hydrogens (tertiary/aromatic N) is 3. The third-order valence-electron chi connectivity index (χ3n) is 3.59. The molecule has 0 radical (unpaired) electrons. The van der Waals surface area contributed by atoms with E-state index in [0.29, 0.717) is 22.2 Å². The van der Waals surface area contributed by atoms with Crippen molar-refractivity contribution in [2.75, 3.05) is 7.11 Å². The fraction of sp³-hybridized carbons (Fsp3) is 0.167. The molecule has 0 aliphatic rings. The minimum atomic E-state index is -0.750. The Morgan fingerprint density at radius 3 is 2.82 bits per heavy atom. The summed E-state index contributed by atoms with van der Waals surface area (Å²) in [6.45, 7) is 1.78. The van der Waals surface area contributed by atoms with Gasteiger partial charge in [0.05, 0.1) is 29.4 Å². The van der Waals surface area contributed by atoms with Gasteiger partial charge in [-0.3, -0.25) is 10.1 Å². The molecule has 0 saturated heterocycles. The molecule has 1 aromatic carbocycles. The Morgan fingerprint density at radius 1 is 1.32 bits per heavy atom. The zero-order chi connectivity index (χ0) is 20.1. The molecule has 0 bridgehead atoms. The van der Waals surface area contributed by atoms with Crippen LogP contribution in [0.3, 0.4) is 0 Å². The average molecular weight is 401 g/mol. The summed E-state index contributed by atoms with van der Waals surface area (Å²) in [5, 5.41) is 15.6. The van der Waals surface area contributed by atoms with Gasteiger partial charge >= 0.3 is 11.7 Å². The van der Waals surface area contributed by atoms with Crippen LogP contribution in [0.4, 0.5) is 5.69 Å². The third kappa shape index (κ3) is 4.46. The highest BCUT2D eigenvalue weighted by Gasteiger charge is 2.22. The Balaban J connectivity index is 1.81. The molecule has 3 rings (SSSR count). The number of rotatable bonds is 7. The number of pyridine rings is 1. The lowest BCUT2D eigenvalue weighted by Gasteiger charge is -2.09. The van der Waals surface area contributed by atoms with E-state index in [9.17, 15) is 14.9 Å². The van der Waals surface area contributed by atoms with Crippen LogP contribution in [-0.2, 0) is 5.75 Å². The van der Waals surface area contributed by atoms with Gasteiger partial charge < -0.3 is 14.0 Å². The zero-order valence-corrected chi connectivity index (χ0v) is 15.8. The van der Waals surface area contributed by atoms with Crippen molar-refractivity contribution >= 4 is 23.4 Å². The van der Waals surface area contributed by atoms with E-state index in [1.165, 1.54) is 37.1 Å². The van der Waals surface area contributed by atoms with E-state index in [2.05, 4.69) is 10.1 Å². The quantitative estimate of drug-likeness (QED) is 0.191. The molecule has 144 valence electrons. The number of nitro benzene ring substituents is 1. The van der Waals surface area contributed by atoms with Crippen molar-refractivity contribution in [2.45, 2.75) is 17.7 Å². The normalized spacial score (nSPS) is 10.5. The van der Waals surface area contributed by atoms with Crippen molar-refractivity contribution in [3.63, 3.8) is 0 Å². The molecule has 28 heavy (non-hydrogen) atoms. The number of methoxy groups -OCH3 is 1. The van der Waals surface area contributed by atoms with Gasteiger partial charge in [-0.15, -0.1) is 0 Å². The molecule has 0 saturated carbocycles. The molecular weight excluding hydrogens is 386 g/mol. The number of esters is 1. The highest BCUT2D eigenvalue weighted by molar-refractivity contribution is 7.98. The topological polar surface area (TPSA) is 118 Å².